The zero-order valence-corrected chi connectivity index (χ0v) is 7.72. The van der Waals surface area contributed by atoms with E-state index < -0.39 is 0 Å². The van der Waals surface area contributed by atoms with Crippen LogP contribution in [0.4, 0.5) is 0 Å². The van der Waals surface area contributed by atoms with Gasteiger partial charge in [0.2, 0.25) is 0 Å². The number of nitrogens with one attached hydrogen (secondary N) is 1. The molecule has 0 spiro atoms. The molecule has 1 rings (SSSR count). The number of hydrogen-bond acceptors (Lipinski definition) is 2. The fourth-order valence-corrected chi connectivity index (χ4v) is 1.79. The minimum atomic E-state index is 0.411. The van der Waals surface area contributed by atoms with E-state index in [1.807, 2.05) is 6.34 Å². The predicted molar refractivity (Wildman–Crippen MR) is 49.0 cm³/mol. The molecule has 11 heavy (non-hydrogen) atoms. The number of nitrogens with zero attached hydrogens (tertiary/aromatic N) is 1. The van der Waals surface area contributed by atoms with Crippen molar-refractivity contribution in [1.29, 1.82) is 0 Å². The lowest BCUT2D eigenvalue weighted by Crippen LogP contribution is -2.47. The molecular weight excluding hydrogens is 136 g/mol. The minimum absolute atomic E-state index is 0.411. The first-order valence-corrected chi connectivity index (χ1v) is 4.49. The summed E-state index contributed by atoms with van der Waals surface area (Å²) in [5, 5.41) is 3.28. The molecule has 1 heterocycles. The third-order valence-corrected chi connectivity index (χ3v) is 3.15. The molecule has 1 atom stereocenters. The summed E-state index contributed by atoms with van der Waals surface area (Å²) in [7, 11) is 0. The second-order valence-electron chi connectivity index (χ2n) is 3.43. The van der Waals surface area contributed by atoms with Gasteiger partial charge in [-0.05, 0) is 19.8 Å². The fraction of sp³-hybridized carbons (Fsp3) is 0.889. The zero-order chi connectivity index (χ0) is 8.32. The highest BCUT2D eigenvalue weighted by atomic mass is 15.0. The maximum Gasteiger partial charge on any atom is 0.0826 e. The van der Waals surface area contributed by atoms with E-state index in [0.717, 1.165) is 6.54 Å². The van der Waals surface area contributed by atoms with E-state index in [1.54, 1.807) is 0 Å². The Kier molecular flexibility index (Phi) is 2.53. The lowest BCUT2D eigenvalue weighted by Gasteiger charge is -2.38. The third-order valence-electron chi connectivity index (χ3n) is 3.15. The van der Waals surface area contributed by atoms with E-state index in [4.69, 9.17) is 0 Å². The van der Waals surface area contributed by atoms with Crippen molar-refractivity contribution in [1.82, 2.24) is 5.32 Å². The Balaban J connectivity index is 2.72. The van der Waals surface area contributed by atoms with Gasteiger partial charge >= 0.3 is 0 Å². The van der Waals surface area contributed by atoms with Crippen LogP contribution < -0.4 is 5.32 Å². The highest BCUT2D eigenvalue weighted by Crippen LogP contribution is 2.32. The largest absolute Gasteiger partial charge is 0.373 e. The van der Waals surface area contributed by atoms with Crippen LogP contribution in [0.5, 0.6) is 0 Å². The molecule has 0 saturated carbocycles. The molecule has 0 amide bonds. The average molecular weight is 154 g/mol. The molecule has 1 aliphatic heterocycles. The van der Waals surface area contributed by atoms with Crippen LogP contribution in [0.15, 0.2) is 4.99 Å². The molecule has 2 nitrogen and oxygen atoms in total. The second-order valence-corrected chi connectivity index (χ2v) is 3.43. The van der Waals surface area contributed by atoms with Gasteiger partial charge in [0, 0.05) is 18.0 Å². The van der Waals surface area contributed by atoms with Crippen LogP contribution in [0.25, 0.3) is 0 Å². The van der Waals surface area contributed by atoms with E-state index in [0.29, 0.717) is 11.5 Å². The first-order valence-electron chi connectivity index (χ1n) is 4.49. The Bertz CT molecular complexity index is 148. The Morgan fingerprint density at radius 1 is 1.55 bits per heavy atom. The second kappa shape index (κ2) is 3.24. The Morgan fingerprint density at radius 3 is 2.55 bits per heavy atom. The van der Waals surface area contributed by atoms with Crippen molar-refractivity contribution in [3.05, 3.63) is 0 Å². The summed E-state index contributed by atoms with van der Waals surface area (Å²) in [5.74, 6) is 0. The lowest BCUT2D eigenvalue weighted by atomic mass is 9.75. The fourth-order valence-electron chi connectivity index (χ4n) is 1.79. The van der Waals surface area contributed by atoms with Gasteiger partial charge in [-0.3, -0.25) is 4.99 Å². The maximum atomic E-state index is 4.29. The number of hydrogen-bond donors (Lipinski definition) is 1. The van der Waals surface area contributed by atoms with Crippen molar-refractivity contribution >= 4 is 6.34 Å². The Hall–Kier alpha value is -0.530. The van der Waals surface area contributed by atoms with Crippen molar-refractivity contribution in [3.8, 4) is 0 Å². The smallest absolute Gasteiger partial charge is 0.0826 e. The highest BCUT2D eigenvalue weighted by molar-refractivity contribution is 5.56. The van der Waals surface area contributed by atoms with Gasteiger partial charge in [0.15, 0.2) is 0 Å². The van der Waals surface area contributed by atoms with E-state index in [-0.39, 0.29) is 0 Å². The van der Waals surface area contributed by atoms with Crippen molar-refractivity contribution in [3.63, 3.8) is 0 Å². The summed E-state index contributed by atoms with van der Waals surface area (Å²) in [6.45, 7) is 7.75. The van der Waals surface area contributed by atoms with Crippen molar-refractivity contribution < 1.29 is 0 Å². The molecule has 0 fully saturated rings. The molecule has 2 heteroatoms. The van der Waals surface area contributed by atoms with Crippen molar-refractivity contribution in [2.24, 2.45) is 10.4 Å². The third kappa shape index (κ3) is 1.39. The van der Waals surface area contributed by atoms with Gasteiger partial charge in [0.25, 0.3) is 0 Å². The van der Waals surface area contributed by atoms with Crippen LogP contribution in [-0.4, -0.2) is 18.9 Å². The molecule has 1 N–H and O–H groups in total. The quantitative estimate of drug-likeness (QED) is 0.644. The molecule has 0 aromatic heterocycles. The Labute approximate surface area is 69.1 Å². The van der Waals surface area contributed by atoms with Crippen LogP contribution in [0.1, 0.15) is 33.6 Å². The van der Waals surface area contributed by atoms with Crippen LogP contribution in [0.2, 0.25) is 0 Å². The SMILES string of the molecule is CCC1(CC)CN=CNC1C. The molecule has 1 unspecified atom stereocenters. The van der Waals surface area contributed by atoms with Crippen LogP contribution >= 0.6 is 0 Å². The molecule has 0 radical (unpaired) electrons. The van der Waals surface area contributed by atoms with Crippen molar-refractivity contribution in [2.75, 3.05) is 6.54 Å². The molecular formula is C9H18N2. The van der Waals surface area contributed by atoms with Gasteiger partial charge in [-0.1, -0.05) is 13.8 Å². The molecule has 64 valence electrons. The van der Waals surface area contributed by atoms with Gasteiger partial charge in [0.1, 0.15) is 0 Å². The monoisotopic (exact) mass is 154 g/mol. The predicted octanol–water partition coefficient (Wildman–Crippen LogP) is 1.81. The van der Waals surface area contributed by atoms with Crippen LogP contribution in [-0.2, 0) is 0 Å². The van der Waals surface area contributed by atoms with Crippen LogP contribution in [0, 0.1) is 5.41 Å². The van der Waals surface area contributed by atoms with Gasteiger partial charge in [-0.25, -0.2) is 0 Å². The summed E-state index contributed by atoms with van der Waals surface area (Å²) in [4.78, 5) is 4.29. The highest BCUT2D eigenvalue weighted by Gasteiger charge is 2.33. The lowest BCUT2D eigenvalue weighted by molar-refractivity contribution is 0.202. The molecule has 0 bridgehead atoms. The molecule has 0 aromatic carbocycles. The van der Waals surface area contributed by atoms with E-state index in [2.05, 4.69) is 31.1 Å². The first kappa shape index (κ1) is 8.57. The topological polar surface area (TPSA) is 24.4 Å². The molecule has 1 aliphatic rings. The summed E-state index contributed by atoms with van der Waals surface area (Å²) < 4.78 is 0. The van der Waals surface area contributed by atoms with Gasteiger partial charge in [-0.2, -0.15) is 0 Å². The molecule has 0 aromatic rings. The minimum Gasteiger partial charge on any atom is -0.373 e. The van der Waals surface area contributed by atoms with E-state index in [1.165, 1.54) is 12.8 Å². The summed E-state index contributed by atoms with van der Waals surface area (Å²) >= 11 is 0. The van der Waals surface area contributed by atoms with Gasteiger partial charge < -0.3 is 5.32 Å². The summed E-state index contributed by atoms with van der Waals surface area (Å²) in [5.41, 5.74) is 0.411. The first-order chi connectivity index (χ1) is 5.25. The maximum absolute atomic E-state index is 4.29. The van der Waals surface area contributed by atoms with Gasteiger partial charge in [-0.15, -0.1) is 0 Å². The molecule has 0 saturated heterocycles. The zero-order valence-electron chi connectivity index (χ0n) is 7.72. The van der Waals surface area contributed by atoms with E-state index >= 15 is 0 Å². The summed E-state index contributed by atoms with van der Waals surface area (Å²) in [6, 6.07) is 0.579. The average Bonchev–Trinajstić information content (AvgIpc) is 2.06. The number of aliphatic imine (C=N–C) groups is 1. The summed E-state index contributed by atoms with van der Waals surface area (Å²) in [6.07, 6.45) is 4.28. The Morgan fingerprint density at radius 2 is 2.18 bits per heavy atom. The number of rotatable bonds is 2. The normalized spacial score (nSPS) is 28.1. The van der Waals surface area contributed by atoms with E-state index in [9.17, 15) is 0 Å². The standard InChI is InChI=1S/C9H18N2/c1-4-9(5-2)6-10-7-11-8(9)3/h7-8H,4-6H2,1-3H3,(H,10,11). The van der Waals surface area contributed by atoms with Gasteiger partial charge in [0.05, 0.1) is 6.34 Å². The van der Waals surface area contributed by atoms with Crippen molar-refractivity contribution in [2.45, 2.75) is 39.7 Å². The van der Waals surface area contributed by atoms with Crippen LogP contribution in [0.3, 0.4) is 0 Å². The molecule has 0 aliphatic carbocycles.